The van der Waals surface area contributed by atoms with E-state index in [9.17, 15) is 18.0 Å². The van der Waals surface area contributed by atoms with Gasteiger partial charge in [-0.2, -0.15) is 0 Å². The van der Waals surface area contributed by atoms with Crippen molar-refractivity contribution in [1.29, 1.82) is 0 Å². The van der Waals surface area contributed by atoms with Crippen LogP contribution in [0.15, 0.2) is 0 Å². The van der Waals surface area contributed by atoms with E-state index in [2.05, 4.69) is 5.32 Å². The predicted octanol–water partition coefficient (Wildman–Crippen LogP) is 0.181. The monoisotopic (exact) mass is 277 g/mol. The van der Waals surface area contributed by atoms with Crippen LogP contribution in [-0.2, 0) is 19.4 Å². The van der Waals surface area contributed by atoms with Gasteiger partial charge in [-0.15, -0.1) is 0 Å². The SMILES string of the molecule is CCCC(C)(NC(=O)C1CCS(=O)(=O)C1)C(=O)O. The summed E-state index contributed by atoms with van der Waals surface area (Å²) >= 11 is 0. The van der Waals surface area contributed by atoms with E-state index in [-0.39, 0.29) is 17.9 Å². The summed E-state index contributed by atoms with van der Waals surface area (Å²) in [7, 11) is -3.14. The number of carbonyl (C=O) groups excluding carboxylic acids is 1. The zero-order chi connectivity index (χ0) is 14.0. The van der Waals surface area contributed by atoms with E-state index in [4.69, 9.17) is 5.11 Å². The maximum Gasteiger partial charge on any atom is 0.329 e. The van der Waals surface area contributed by atoms with Crippen molar-refractivity contribution in [2.24, 2.45) is 5.92 Å². The summed E-state index contributed by atoms with van der Waals surface area (Å²) in [5.74, 6) is -2.37. The molecule has 0 aromatic carbocycles. The maximum absolute atomic E-state index is 11.9. The van der Waals surface area contributed by atoms with Crippen molar-refractivity contribution in [2.75, 3.05) is 11.5 Å². The summed E-state index contributed by atoms with van der Waals surface area (Å²) < 4.78 is 22.5. The lowest BCUT2D eigenvalue weighted by molar-refractivity contribution is -0.147. The molecule has 0 radical (unpaired) electrons. The standard InChI is InChI=1S/C11H19NO5S/c1-3-5-11(2,10(14)15)12-9(13)8-4-6-18(16,17)7-8/h8H,3-7H2,1-2H3,(H,12,13)(H,14,15). The molecule has 2 N–H and O–H groups in total. The molecule has 104 valence electrons. The minimum absolute atomic E-state index is 0.00263. The molecule has 2 unspecified atom stereocenters. The fourth-order valence-corrected chi connectivity index (χ4v) is 3.84. The highest BCUT2D eigenvalue weighted by atomic mass is 32.2. The van der Waals surface area contributed by atoms with E-state index in [1.807, 2.05) is 6.92 Å². The van der Waals surface area contributed by atoms with Crippen LogP contribution >= 0.6 is 0 Å². The number of aliphatic carboxylic acids is 1. The molecule has 2 atom stereocenters. The summed E-state index contributed by atoms with van der Waals surface area (Å²) in [4.78, 5) is 23.0. The van der Waals surface area contributed by atoms with Crippen molar-refractivity contribution in [2.45, 2.75) is 38.6 Å². The minimum atomic E-state index is -3.14. The molecule has 1 fully saturated rings. The first-order valence-electron chi connectivity index (χ1n) is 5.96. The molecule has 0 spiro atoms. The van der Waals surface area contributed by atoms with Gasteiger partial charge in [-0.25, -0.2) is 13.2 Å². The molecule has 1 aliphatic heterocycles. The van der Waals surface area contributed by atoms with Crippen LogP contribution in [0.4, 0.5) is 0 Å². The highest BCUT2D eigenvalue weighted by Crippen LogP contribution is 2.21. The highest BCUT2D eigenvalue weighted by Gasteiger charge is 2.39. The summed E-state index contributed by atoms with van der Waals surface area (Å²) in [6.45, 7) is 3.27. The van der Waals surface area contributed by atoms with Gasteiger partial charge < -0.3 is 10.4 Å². The van der Waals surface area contributed by atoms with Gasteiger partial charge in [-0.3, -0.25) is 4.79 Å². The first-order valence-corrected chi connectivity index (χ1v) is 7.78. The lowest BCUT2D eigenvalue weighted by atomic mass is 9.95. The molecule has 0 aliphatic carbocycles. The number of carboxylic acids is 1. The lowest BCUT2D eigenvalue weighted by Crippen LogP contribution is -2.53. The average molecular weight is 277 g/mol. The lowest BCUT2D eigenvalue weighted by Gasteiger charge is -2.27. The Kier molecular flexibility index (Phi) is 4.37. The average Bonchev–Trinajstić information content (AvgIpc) is 2.59. The van der Waals surface area contributed by atoms with E-state index in [1.54, 1.807) is 0 Å². The Hall–Kier alpha value is -1.11. The Morgan fingerprint density at radius 2 is 2.06 bits per heavy atom. The molecule has 0 saturated carbocycles. The van der Waals surface area contributed by atoms with Gasteiger partial charge in [0, 0.05) is 0 Å². The Balaban J connectivity index is 2.71. The molecule has 0 aromatic heterocycles. The molecule has 0 bridgehead atoms. The first-order chi connectivity index (χ1) is 8.20. The third kappa shape index (κ3) is 3.44. The van der Waals surface area contributed by atoms with Crippen molar-refractivity contribution in [3.63, 3.8) is 0 Å². The van der Waals surface area contributed by atoms with Crippen molar-refractivity contribution in [3.05, 3.63) is 0 Å². The summed E-state index contributed by atoms with van der Waals surface area (Å²) in [6.07, 6.45) is 1.20. The summed E-state index contributed by atoms with van der Waals surface area (Å²) in [6, 6.07) is 0. The number of carbonyl (C=O) groups is 2. The van der Waals surface area contributed by atoms with Crippen molar-refractivity contribution < 1.29 is 23.1 Å². The van der Waals surface area contributed by atoms with Crippen LogP contribution in [0, 0.1) is 5.92 Å². The van der Waals surface area contributed by atoms with Gasteiger partial charge in [0.05, 0.1) is 17.4 Å². The van der Waals surface area contributed by atoms with E-state index in [0.29, 0.717) is 12.8 Å². The van der Waals surface area contributed by atoms with Gasteiger partial charge in [-0.05, 0) is 19.8 Å². The van der Waals surface area contributed by atoms with Gasteiger partial charge in [0.25, 0.3) is 0 Å². The van der Waals surface area contributed by atoms with Gasteiger partial charge in [0.2, 0.25) is 5.91 Å². The van der Waals surface area contributed by atoms with Gasteiger partial charge in [-0.1, -0.05) is 13.3 Å². The molecule has 0 aromatic rings. The Morgan fingerprint density at radius 1 is 1.44 bits per heavy atom. The third-order valence-corrected chi connectivity index (χ3v) is 4.99. The first kappa shape index (κ1) is 14.9. The van der Waals surface area contributed by atoms with Crippen LogP contribution < -0.4 is 5.32 Å². The zero-order valence-electron chi connectivity index (χ0n) is 10.6. The highest BCUT2D eigenvalue weighted by molar-refractivity contribution is 7.91. The Morgan fingerprint density at radius 3 is 2.44 bits per heavy atom. The number of hydrogen-bond donors (Lipinski definition) is 2. The van der Waals surface area contributed by atoms with Crippen LogP contribution in [0.5, 0.6) is 0 Å². The van der Waals surface area contributed by atoms with Crippen LogP contribution in [-0.4, -0.2) is 42.4 Å². The quantitative estimate of drug-likeness (QED) is 0.746. The normalized spacial score (nSPS) is 25.3. The topological polar surface area (TPSA) is 101 Å². The number of hydrogen-bond acceptors (Lipinski definition) is 4. The summed E-state index contributed by atoms with van der Waals surface area (Å²) in [5.41, 5.74) is -1.32. The molecular weight excluding hydrogens is 258 g/mol. The molecule has 6 nitrogen and oxygen atoms in total. The molecule has 18 heavy (non-hydrogen) atoms. The smallest absolute Gasteiger partial charge is 0.329 e. The zero-order valence-corrected chi connectivity index (χ0v) is 11.4. The van der Waals surface area contributed by atoms with Crippen molar-refractivity contribution in [1.82, 2.24) is 5.32 Å². The molecule has 1 heterocycles. The van der Waals surface area contributed by atoms with E-state index in [1.165, 1.54) is 6.92 Å². The maximum atomic E-state index is 11.9. The summed E-state index contributed by atoms with van der Waals surface area (Å²) in [5, 5.41) is 11.6. The third-order valence-electron chi connectivity index (χ3n) is 3.22. The molecule has 1 amide bonds. The molecule has 1 rings (SSSR count). The van der Waals surface area contributed by atoms with Crippen LogP contribution in [0.1, 0.15) is 33.1 Å². The van der Waals surface area contributed by atoms with Crippen molar-refractivity contribution in [3.8, 4) is 0 Å². The number of sulfone groups is 1. The number of carboxylic acid groups (broad SMARTS) is 1. The Bertz CT molecular complexity index is 444. The number of amides is 1. The fraction of sp³-hybridized carbons (Fsp3) is 0.818. The molecule has 1 aliphatic rings. The van der Waals surface area contributed by atoms with Crippen LogP contribution in [0.2, 0.25) is 0 Å². The second-order valence-corrected chi connectivity index (χ2v) is 7.21. The van der Waals surface area contributed by atoms with E-state index < -0.39 is 33.2 Å². The van der Waals surface area contributed by atoms with E-state index >= 15 is 0 Å². The van der Waals surface area contributed by atoms with E-state index in [0.717, 1.165) is 0 Å². The predicted molar refractivity (Wildman–Crippen MR) is 65.9 cm³/mol. The molecule has 7 heteroatoms. The minimum Gasteiger partial charge on any atom is -0.480 e. The van der Waals surface area contributed by atoms with Gasteiger partial charge in [0.15, 0.2) is 9.84 Å². The molecule has 1 saturated heterocycles. The fourth-order valence-electron chi connectivity index (χ4n) is 2.10. The van der Waals surface area contributed by atoms with Crippen LogP contribution in [0.25, 0.3) is 0 Å². The van der Waals surface area contributed by atoms with Gasteiger partial charge in [0.1, 0.15) is 5.54 Å². The van der Waals surface area contributed by atoms with Crippen molar-refractivity contribution >= 4 is 21.7 Å². The number of rotatable bonds is 5. The second-order valence-electron chi connectivity index (χ2n) is 4.98. The second kappa shape index (κ2) is 5.26. The van der Waals surface area contributed by atoms with Gasteiger partial charge >= 0.3 is 5.97 Å². The Labute approximate surface area is 107 Å². The number of nitrogens with one attached hydrogen (secondary N) is 1. The van der Waals surface area contributed by atoms with Crippen LogP contribution in [0.3, 0.4) is 0 Å². The largest absolute Gasteiger partial charge is 0.480 e. The molecular formula is C11H19NO5S.